The number of benzene rings is 2. The maximum absolute atomic E-state index is 11.4. The molecule has 0 aromatic heterocycles. The molecule has 3 atom stereocenters. The number of β-amino-alcohol motifs (C(OH)–C–C–N with tert-alkyl or cyclic N) is 1. The van der Waals surface area contributed by atoms with Crippen LogP contribution in [-0.2, 0) is 4.79 Å². The van der Waals surface area contributed by atoms with Gasteiger partial charge in [0.05, 0.1) is 6.10 Å². The second-order valence-corrected chi connectivity index (χ2v) is 6.63. The first-order chi connectivity index (χ1) is 11.5. The maximum atomic E-state index is 11.4. The van der Waals surface area contributed by atoms with Gasteiger partial charge in [-0.2, -0.15) is 0 Å². The number of hydrogen-bond acceptors (Lipinski definition) is 3. The van der Waals surface area contributed by atoms with Crippen LogP contribution in [0.4, 0.5) is 0 Å². The van der Waals surface area contributed by atoms with E-state index in [2.05, 4.69) is 19.1 Å². The summed E-state index contributed by atoms with van der Waals surface area (Å²) in [7, 11) is 0. The van der Waals surface area contributed by atoms with Crippen molar-refractivity contribution in [1.29, 1.82) is 0 Å². The summed E-state index contributed by atoms with van der Waals surface area (Å²) in [6.07, 6.45) is -0.446. The Balaban J connectivity index is 1.83. The van der Waals surface area contributed by atoms with E-state index >= 15 is 0 Å². The highest BCUT2D eigenvalue weighted by molar-refractivity contribution is 6.20. The second kappa shape index (κ2) is 6.93. The lowest BCUT2D eigenvalue weighted by molar-refractivity contribution is -0.142. The molecule has 1 fully saturated rings. The normalized spacial score (nSPS) is 22.5. The Kier molecular flexibility index (Phi) is 4.90. The summed E-state index contributed by atoms with van der Waals surface area (Å²) in [4.78, 5) is 13.0. The molecule has 0 saturated carbocycles. The first-order valence-electron chi connectivity index (χ1n) is 7.94. The van der Waals surface area contributed by atoms with Crippen molar-refractivity contribution in [2.45, 2.75) is 31.0 Å². The lowest BCUT2D eigenvalue weighted by Gasteiger charge is -2.26. The molecular formula is C19H20ClNO3. The fraction of sp³-hybridized carbons (Fsp3) is 0.316. The molecule has 5 heteroatoms. The van der Waals surface area contributed by atoms with Gasteiger partial charge in [0.2, 0.25) is 0 Å². The van der Waals surface area contributed by atoms with Gasteiger partial charge in [-0.3, -0.25) is 9.69 Å². The zero-order chi connectivity index (χ0) is 17.3. The molecule has 1 saturated heterocycles. The van der Waals surface area contributed by atoms with E-state index in [0.29, 0.717) is 0 Å². The van der Waals surface area contributed by atoms with Crippen LogP contribution in [0.3, 0.4) is 0 Å². The number of halogens is 1. The highest BCUT2D eigenvalue weighted by Crippen LogP contribution is 2.34. The SMILES string of the molecule is Cc1ccccc1-c1ccc(C(Cl)N2C[C@H](O)C[C@H]2C(=O)O)cc1. The molecule has 0 radical (unpaired) electrons. The van der Waals surface area contributed by atoms with Gasteiger partial charge in [-0.25, -0.2) is 0 Å². The Bertz CT molecular complexity index is 732. The molecule has 126 valence electrons. The minimum absolute atomic E-state index is 0.208. The quantitative estimate of drug-likeness (QED) is 0.658. The van der Waals surface area contributed by atoms with E-state index in [1.807, 2.05) is 36.4 Å². The van der Waals surface area contributed by atoms with Crippen molar-refractivity contribution in [2.75, 3.05) is 6.54 Å². The smallest absolute Gasteiger partial charge is 0.321 e. The Labute approximate surface area is 146 Å². The number of likely N-dealkylation sites (tertiary alicyclic amines) is 1. The third kappa shape index (κ3) is 3.31. The molecule has 1 aliphatic heterocycles. The van der Waals surface area contributed by atoms with Crippen molar-refractivity contribution in [2.24, 2.45) is 0 Å². The monoisotopic (exact) mass is 345 g/mol. The van der Waals surface area contributed by atoms with Gasteiger partial charge < -0.3 is 10.2 Å². The van der Waals surface area contributed by atoms with E-state index in [0.717, 1.165) is 16.7 Å². The summed E-state index contributed by atoms with van der Waals surface area (Å²) >= 11 is 6.50. The van der Waals surface area contributed by atoms with Crippen molar-refractivity contribution in [1.82, 2.24) is 4.90 Å². The molecule has 24 heavy (non-hydrogen) atoms. The number of carboxylic acid groups (broad SMARTS) is 1. The molecule has 2 aromatic carbocycles. The molecule has 0 aliphatic carbocycles. The van der Waals surface area contributed by atoms with E-state index in [1.54, 1.807) is 4.90 Å². The summed E-state index contributed by atoms with van der Waals surface area (Å²) in [6.45, 7) is 2.33. The lowest BCUT2D eigenvalue weighted by atomic mass is 9.99. The number of aryl methyl sites for hydroxylation is 1. The molecule has 0 bridgehead atoms. The van der Waals surface area contributed by atoms with E-state index in [9.17, 15) is 15.0 Å². The molecule has 0 amide bonds. The molecule has 2 N–H and O–H groups in total. The number of carboxylic acids is 1. The summed E-state index contributed by atoms with van der Waals surface area (Å²) in [6, 6.07) is 15.2. The Hall–Kier alpha value is -1.88. The van der Waals surface area contributed by atoms with Crippen LogP contribution < -0.4 is 0 Å². The van der Waals surface area contributed by atoms with E-state index < -0.39 is 23.6 Å². The first kappa shape index (κ1) is 17.0. The van der Waals surface area contributed by atoms with Crippen LogP contribution in [0.15, 0.2) is 48.5 Å². The van der Waals surface area contributed by atoms with Gasteiger partial charge in [-0.05, 0) is 29.2 Å². The van der Waals surface area contributed by atoms with Crippen LogP contribution in [-0.4, -0.2) is 39.8 Å². The van der Waals surface area contributed by atoms with Crippen molar-refractivity contribution in [3.05, 3.63) is 59.7 Å². The lowest BCUT2D eigenvalue weighted by Crippen LogP contribution is -2.37. The van der Waals surface area contributed by atoms with Gasteiger partial charge in [-0.1, -0.05) is 48.5 Å². The summed E-state index contributed by atoms with van der Waals surface area (Å²) in [5, 5.41) is 19.1. The molecule has 4 nitrogen and oxygen atoms in total. The standard InChI is InChI=1S/C19H20ClNO3/c1-12-4-2-3-5-16(12)13-6-8-14(9-7-13)18(20)21-11-15(22)10-17(21)19(23)24/h2-9,15,17-18,22H,10-11H2,1H3,(H,23,24)/t15-,17+,18?/m1/s1. The number of aliphatic carboxylic acids is 1. The third-order valence-electron chi connectivity index (χ3n) is 4.54. The van der Waals surface area contributed by atoms with Gasteiger partial charge in [-0.15, -0.1) is 11.6 Å². The van der Waals surface area contributed by atoms with Crippen molar-refractivity contribution in [3.8, 4) is 11.1 Å². The fourth-order valence-corrected chi connectivity index (χ4v) is 3.60. The van der Waals surface area contributed by atoms with E-state index in [4.69, 9.17) is 11.6 Å². The number of nitrogens with zero attached hydrogens (tertiary/aromatic N) is 1. The van der Waals surface area contributed by atoms with Crippen molar-refractivity contribution in [3.63, 3.8) is 0 Å². The van der Waals surface area contributed by atoms with Crippen LogP contribution in [0, 0.1) is 6.92 Å². The van der Waals surface area contributed by atoms with Gasteiger partial charge in [0.25, 0.3) is 0 Å². The average Bonchev–Trinajstić information content (AvgIpc) is 2.97. The van der Waals surface area contributed by atoms with Crippen LogP contribution in [0.2, 0.25) is 0 Å². The van der Waals surface area contributed by atoms with E-state index in [-0.39, 0.29) is 13.0 Å². The molecule has 1 heterocycles. The average molecular weight is 346 g/mol. The number of rotatable bonds is 4. The van der Waals surface area contributed by atoms with Crippen LogP contribution in [0.5, 0.6) is 0 Å². The number of alkyl halides is 1. The Morgan fingerprint density at radius 1 is 1.21 bits per heavy atom. The number of aliphatic hydroxyl groups is 1. The van der Waals surface area contributed by atoms with Gasteiger partial charge in [0, 0.05) is 13.0 Å². The second-order valence-electron chi connectivity index (χ2n) is 6.21. The Morgan fingerprint density at radius 3 is 2.50 bits per heavy atom. The van der Waals surface area contributed by atoms with Crippen molar-refractivity contribution >= 4 is 17.6 Å². The zero-order valence-electron chi connectivity index (χ0n) is 13.4. The molecule has 1 unspecified atom stereocenters. The van der Waals surface area contributed by atoms with Gasteiger partial charge >= 0.3 is 5.97 Å². The highest BCUT2D eigenvalue weighted by atomic mass is 35.5. The van der Waals surface area contributed by atoms with Crippen LogP contribution in [0.25, 0.3) is 11.1 Å². The highest BCUT2D eigenvalue weighted by Gasteiger charge is 2.39. The van der Waals surface area contributed by atoms with Crippen LogP contribution in [0.1, 0.15) is 23.0 Å². The molecule has 3 rings (SSSR count). The third-order valence-corrected chi connectivity index (χ3v) is 5.04. The number of aliphatic hydroxyl groups excluding tert-OH is 1. The summed E-state index contributed by atoms with van der Waals surface area (Å²) in [5.41, 5.74) is 3.71. The first-order valence-corrected chi connectivity index (χ1v) is 8.37. The Morgan fingerprint density at radius 2 is 1.88 bits per heavy atom. The maximum Gasteiger partial charge on any atom is 0.321 e. The zero-order valence-corrected chi connectivity index (χ0v) is 14.1. The minimum atomic E-state index is -0.950. The molecule has 2 aromatic rings. The van der Waals surface area contributed by atoms with Crippen LogP contribution >= 0.6 is 11.6 Å². The van der Waals surface area contributed by atoms with E-state index in [1.165, 1.54) is 5.56 Å². The van der Waals surface area contributed by atoms with Gasteiger partial charge in [0.15, 0.2) is 0 Å². The topological polar surface area (TPSA) is 60.8 Å². The number of carbonyl (C=O) groups is 1. The van der Waals surface area contributed by atoms with Gasteiger partial charge in [0.1, 0.15) is 11.5 Å². The fourth-order valence-electron chi connectivity index (χ4n) is 3.24. The predicted octanol–water partition coefficient (Wildman–Crippen LogP) is 3.42. The minimum Gasteiger partial charge on any atom is -0.480 e. The summed E-state index contributed by atoms with van der Waals surface area (Å²) < 4.78 is 0. The number of hydrogen-bond donors (Lipinski definition) is 2. The molecular weight excluding hydrogens is 326 g/mol. The molecule has 1 aliphatic rings. The predicted molar refractivity (Wildman–Crippen MR) is 94.0 cm³/mol. The summed E-state index contributed by atoms with van der Waals surface area (Å²) in [5.74, 6) is -0.950. The van der Waals surface area contributed by atoms with Crippen molar-refractivity contribution < 1.29 is 15.0 Å². The molecule has 0 spiro atoms. The largest absolute Gasteiger partial charge is 0.480 e.